The molecule has 0 aromatic heterocycles. The molecule has 2 amide bonds. The number of hydrogen-bond acceptors (Lipinski definition) is 3. The van der Waals surface area contributed by atoms with E-state index >= 15 is 0 Å². The molecule has 0 radical (unpaired) electrons. The summed E-state index contributed by atoms with van der Waals surface area (Å²) in [4.78, 5) is 26.1. The Balaban J connectivity index is 1.71. The van der Waals surface area contributed by atoms with Gasteiger partial charge in [-0.2, -0.15) is 0 Å². The zero-order valence-corrected chi connectivity index (χ0v) is 10.5. The van der Waals surface area contributed by atoms with Gasteiger partial charge in [-0.05, 0) is 12.8 Å². The maximum Gasteiger partial charge on any atom is 0.233 e. The topological polar surface area (TPSA) is 49.9 Å². The second kappa shape index (κ2) is 3.05. The van der Waals surface area contributed by atoms with Gasteiger partial charge in [0.15, 0.2) is 0 Å². The number of carbonyl (C=O) groups is 2. The van der Waals surface area contributed by atoms with Crippen LogP contribution in [0.2, 0.25) is 0 Å². The third kappa shape index (κ3) is 0.912. The third-order valence-corrected chi connectivity index (χ3v) is 5.56. The summed E-state index contributed by atoms with van der Waals surface area (Å²) in [6.07, 6.45) is 3.85. The fourth-order valence-electron chi connectivity index (χ4n) is 4.86. The van der Waals surface area contributed by atoms with E-state index in [1.807, 2.05) is 0 Å². The van der Waals surface area contributed by atoms with Crippen molar-refractivity contribution < 1.29 is 14.3 Å². The molecule has 0 aromatic carbocycles. The van der Waals surface area contributed by atoms with Crippen LogP contribution < -0.4 is 0 Å². The van der Waals surface area contributed by atoms with Gasteiger partial charge in [-0.3, -0.25) is 14.5 Å². The van der Waals surface area contributed by atoms with Gasteiger partial charge in [-0.1, -0.05) is 13.0 Å². The van der Waals surface area contributed by atoms with Gasteiger partial charge in [0.05, 0.1) is 23.5 Å². The first-order valence-electron chi connectivity index (χ1n) is 6.79. The molecule has 4 nitrogen and oxygen atoms in total. The third-order valence-electron chi connectivity index (χ3n) is 5.56. The highest BCUT2D eigenvalue weighted by molar-refractivity contribution is 6.06. The lowest BCUT2D eigenvalue weighted by Crippen LogP contribution is -2.37. The monoisotopic (exact) mass is 247 g/mol. The molecule has 2 aliphatic heterocycles. The highest BCUT2D eigenvalue weighted by Crippen LogP contribution is 2.70. The molecule has 2 aliphatic carbocycles. The Morgan fingerprint density at radius 3 is 2.83 bits per heavy atom. The standard InChI is InChI=1S/C14H17NO3/c1-3-5-15-12(16)9-7-6-8(10(9)13(15)17)14(4-2)11(7)18-14/h3,7-11H,1,4-6H2,2H3. The number of fused-ring (bicyclic) bond motifs is 8. The van der Waals surface area contributed by atoms with Crippen LogP contribution in [0.4, 0.5) is 0 Å². The summed E-state index contributed by atoms with van der Waals surface area (Å²) < 4.78 is 5.86. The number of ether oxygens (including phenoxy) is 1. The lowest BCUT2D eigenvalue weighted by molar-refractivity contribution is -0.140. The van der Waals surface area contributed by atoms with E-state index in [9.17, 15) is 9.59 Å². The van der Waals surface area contributed by atoms with Crippen LogP contribution >= 0.6 is 0 Å². The number of nitrogens with zero attached hydrogens (tertiary/aromatic N) is 1. The van der Waals surface area contributed by atoms with Crippen molar-refractivity contribution in [3.8, 4) is 0 Å². The molecule has 0 aromatic rings. The number of hydrogen-bond donors (Lipinski definition) is 0. The SMILES string of the molecule is C=CCN1C(=O)C2C3CC(C2C1=O)C1(CC)OC31. The van der Waals surface area contributed by atoms with Crippen molar-refractivity contribution in [1.29, 1.82) is 0 Å². The van der Waals surface area contributed by atoms with E-state index < -0.39 is 0 Å². The Hall–Kier alpha value is -1.16. The van der Waals surface area contributed by atoms with Gasteiger partial charge in [0, 0.05) is 18.4 Å². The average molecular weight is 247 g/mol. The molecular formula is C14H17NO3. The van der Waals surface area contributed by atoms with E-state index in [-0.39, 0.29) is 47.2 Å². The van der Waals surface area contributed by atoms with Crippen LogP contribution in [0.5, 0.6) is 0 Å². The number of imide groups is 1. The smallest absolute Gasteiger partial charge is 0.233 e. The van der Waals surface area contributed by atoms with Crippen LogP contribution in [0.25, 0.3) is 0 Å². The minimum Gasteiger partial charge on any atom is -0.365 e. The van der Waals surface area contributed by atoms with Gasteiger partial charge in [0.25, 0.3) is 0 Å². The van der Waals surface area contributed by atoms with E-state index in [1.165, 1.54) is 4.90 Å². The van der Waals surface area contributed by atoms with E-state index in [1.54, 1.807) is 6.08 Å². The maximum absolute atomic E-state index is 12.4. The fourth-order valence-corrected chi connectivity index (χ4v) is 4.86. The Morgan fingerprint density at radius 2 is 2.17 bits per heavy atom. The largest absolute Gasteiger partial charge is 0.365 e. The summed E-state index contributed by atoms with van der Waals surface area (Å²) in [5.41, 5.74) is -0.0635. The molecule has 4 fully saturated rings. The first kappa shape index (κ1) is 10.7. The summed E-state index contributed by atoms with van der Waals surface area (Å²) >= 11 is 0. The molecule has 96 valence electrons. The van der Waals surface area contributed by atoms with Gasteiger partial charge in [0.2, 0.25) is 11.8 Å². The predicted octanol–water partition coefficient (Wildman–Crippen LogP) is 0.971. The Labute approximate surface area is 106 Å². The molecule has 4 heteroatoms. The molecule has 2 heterocycles. The van der Waals surface area contributed by atoms with Gasteiger partial charge >= 0.3 is 0 Å². The van der Waals surface area contributed by atoms with Crippen LogP contribution in [-0.4, -0.2) is 35.0 Å². The van der Waals surface area contributed by atoms with Crippen molar-refractivity contribution >= 4 is 11.8 Å². The summed E-state index contributed by atoms with van der Waals surface area (Å²) in [5.74, 6) is 0.368. The van der Waals surface area contributed by atoms with Crippen molar-refractivity contribution in [2.75, 3.05) is 6.54 Å². The fraction of sp³-hybridized carbons (Fsp3) is 0.714. The highest BCUT2D eigenvalue weighted by atomic mass is 16.6. The Bertz CT molecular complexity index is 474. The lowest BCUT2D eigenvalue weighted by Gasteiger charge is -2.24. The number of rotatable bonds is 3. The van der Waals surface area contributed by atoms with Gasteiger partial charge in [0.1, 0.15) is 0 Å². The predicted molar refractivity (Wildman–Crippen MR) is 63.4 cm³/mol. The van der Waals surface area contributed by atoms with Crippen molar-refractivity contribution in [3.05, 3.63) is 12.7 Å². The minimum atomic E-state index is -0.110. The molecular weight excluding hydrogens is 230 g/mol. The first-order chi connectivity index (χ1) is 8.65. The van der Waals surface area contributed by atoms with E-state index in [2.05, 4.69) is 13.5 Å². The summed E-state index contributed by atoms with van der Waals surface area (Å²) in [6.45, 7) is 6.10. The van der Waals surface area contributed by atoms with Crippen molar-refractivity contribution in [2.45, 2.75) is 31.5 Å². The van der Waals surface area contributed by atoms with Crippen LogP contribution in [-0.2, 0) is 14.3 Å². The maximum atomic E-state index is 12.4. The number of likely N-dealkylation sites (tertiary alicyclic amines) is 1. The van der Waals surface area contributed by atoms with Gasteiger partial charge in [-0.15, -0.1) is 6.58 Å². The van der Waals surface area contributed by atoms with Crippen LogP contribution in [0.3, 0.4) is 0 Å². The van der Waals surface area contributed by atoms with Crippen LogP contribution in [0.15, 0.2) is 12.7 Å². The van der Waals surface area contributed by atoms with Crippen molar-refractivity contribution in [1.82, 2.24) is 4.90 Å². The molecule has 2 saturated heterocycles. The molecule has 0 N–H and O–H groups in total. The quantitative estimate of drug-likeness (QED) is 0.424. The molecule has 2 bridgehead atoms. The molecule has 18 heavy (non-hydrogen) atoms. The molecule has 0 spiro atoms. The highest BCUT2D eigenvalue weighted by Gasteiger charge is 2.80. The number of epoxide rings is 1. The first-order valence-corrected chi connectivity index (χ1v) is 6.79. The summed E-state index contributed by atoms with van der Waals surface area (Å²) in [5, 5.41) is 0. The van der Waals surface area contributed by atoms with Gasteiger partial charge in [-0.25, -0.2) is 0 Å². The number of amides is 2. The average Bonchev–Trinajstić information content (AvgIpc) is 2.80. The molecule has 4 rings (SSSR count). The van der Waals surface area contributed by atoms with Crippen LogP contribution in [0.1, 0.15) is 19.8 Å². The second-order valence-electron chi connectivity index (χ2n) is 5.98. The van der Waals surface area contributed by atoms with E-state index in [4.69, 9.17) is 4.74 Å². The molecule has 4 aliphatic rings. The van der Waals surface area contributed by atoms with Crippen LogP contribution in [0, 0.1) is 23.7 Å². The molecule has 2 saturated carbocycles. The summed E-state index contributed by atoms with van der Waals surface area (Å²) in [7, 11) is 0. The van der Waals surface area contributed by atoms with Crippen molar-refractivity contribution in [2.24, 2.45) is 23.7 Å². The van der Waals surface area contributed by atoms with Crippen molar-refractivity contribution in [3.63, 3.8) is 0 Å². The zero-order chi connectivity index (χ0) is 12.7. The lowest BCUT2D eigenvalue weighted by atomic mass is 9.74. The van der Waals surface area contributed by atoms with E-state index in [0.717, 1.165) is 12.8 Å². The summed E-state index contributed by atoms with van der Waals surface area (Å²) in [6, 6.07) is 0. The molecule has 6 unspecified atom stereocenters. The molecule has 6 atom stereocenters. The second-order valence-corrected chi connectivity index (χ2v) is 5.98. The zero-order valence-electron chi connectivity index (χ0n) is 10.5. The van der Waals surface area contributed by atoms with E-state index in [0.29, 0.717) is 6.54 Å². The number of carbonyl (C=O) groups excluding carboxylic acids is 2. The minimum absolute atomic E-state index is 0.0117. The Kier molecular flexibility index (Phi) is 1.82. The van der Waals surface area contributed by atoms with Gasteiger partial charge < -0.3 is 4.74 Å². The Morgan fingerprint density at radius 1 is 1.44 bits per heavy atom. The normalized spacial score (nSPS) is 51.6.